The van der Waals surface area contributed by atoms with Crippen LogP contribution in [0, 0.1) is 0 Å². The van der Waals surface area contributed by atoms with Crippen LogP contribution in [0.25, 0.3) is 11.3 Å². The summed E-state index contributed by atoms with van der Waals surface area (Å²) in [6.07, 6.45) is 1.94. The number of halogens is 1. The molecule has 0 radical (unpaired) electrons. The quantitative estimate of drug-likeness (QED) is 0.833. The van der Waals surface area contributed by atoms with E-state index >= 15 is 0 Å². The summed E-state index contributed by atoms with van der Waals surface area (Å²) >= 11 is 6.08. The lowest BCUT2D eigenvalue weighted by atomic mass is 10.0. The molecule has 1 aromatic heterocycles. The van der Waals surface area contributed by atoms with Crippen molar-refractivity contribution in [2.75, 3.05) is 5.32 Å². The van der Waals surface area contributed by atoms with Crippen molar-refractivity contribution in [2.24, 2.45) is 0 Å². The van der Waals surface area contributed by atoms with Gasteiger partial charge in [-0.2, -0.15) is 5.10 Å². The predicted molar refractivity (Wildman–Crippen MR) is 70.4 cm³/mol. The van der Waals surface area contributed by atoms with Crippen LogP contribution in [0.3, 0.4) is 0 Å². The van der Waals surface area contributed by atoms with Gasteiger partial charge in [0, 0.05) is 34.4 Å². The van der Waals surface area contributed by atoms with Gasteiger partial charge in [0.1, 0.15) is 0 Å². The van der Waals surface area contributed by atoms with E-state index in [9.17, 15) is 0 Å². The van der Waals surface area contributed by atoms with Gasteiger partial charge in [0.15, 0.2) is 0 Å². The molecule has 0 saturated carbocycles. The van der Waals surface area contributed by atoms with Crippen molar-refractivity contribution < 1.29 is 0 Å². The second-order valence-electron chi connectivity index (χ2n) is 4.60. The fourth-order valence-electron chi connectivity index (χ4n) is 2.27. The zero-order valence-corrected chi connectivity index (χ0v) is 10.6. The molecule has 1 aliphatic rings. The average molecular weight is 248 g/mol. The molecular formula is C13H14ClN3. The van der Waals surface area contributed by atoms with Gasteiger partial charge in [-0.05, 0) is 32.0 Å². The van der Waals surface area contributed by atoms with Crippen LogP contribution in [0.1, 0.15) is 25.5 Å². The van der Waals surface area contributed by atoms with Crippen LogP contribution in [-0.4, -0.2) is 9.78 Å². The van der Waals surface area contributed by atoms with Gasteiger partial charge in [0.05, 0.1) is 11.9 Å². The first-order valence-corrected chi connectivity index (χ1v) is 6.15. The van der Waals surface area contributed by atoms with E-state index in [0.29, 0.717) is 6.04 Å². The van der Waals surface area contributed by atoms with E-state index in [4.69, 9.17) is 11.6 Å². The summed E-state index contributed by atoms with van der Waals surface area (Å²) in [6.45, 7) is 5.11. The molecule has 0 spiro atoms. The highest BCUT2D eigenvalue weighted by Crippen LogP contribution is 2.38. The van der Waals surface area contributed by atoms with E-state index < -0.39 is 0 Å². The predicted octanol–water partition coefficient (Wildman–Crippen LogP) is 3.71. The Balaban J connectivity index is 2.26. The second-order valence-corrected chi connectivity index (χ2v) is 5.04. The molecule has 2 aromatic rings. The van der Waals surface area contributed by atoms with Crippen LogP contribution in [-0.2, 0) is 6.54 Å². The van der Waals surface area contributed by atoms with Gasteiger partial charge in [-0.3, -0.25) is 4.68 Å². The third kappa shape index (κ3) is 1.62. The van der Waals surface area contributed by atoms with Gasteiger partial charge in [-0.1, -0.05) is 11.6 Å². The first kappa shape index (κ1) is 10.7. The Morgan fingerprint density at radius 2 is 2.24 bits per heavy atom. The van der Waals surface area contributed by atoms with E-state index in [1.165, 1.54) is 11.3 Å². The summed E-state index contributed by atoms with van der Waals surface area (Å²) in [5, 5.41) is 8.60. The molecule has 88 valence electrons. The Morgan fingerprint density at radius 3 is 3.00 bits per heavy atom. The molecule has 0 saturated heterocycles. The van der Waals surface area contributed by atoms with Crippen LogP contribution in [0.15, 0.2) is 24.4 Å². The number of rotatable bonds is 1. The molecule has 3 rings (SSSR count). The summed E-state index contributed by atoms with van der Waals surface area (Å²) < 4.78 is 2.06. The number of fused-ring (bicyclic) bond motifs is 3. The van der Waals surface area contributed by atoms with Crippen LogP contribution >= 0.6 is 11.6 Å². The van der Waals surface area contributed by atoms with Gasteiger partial charge in [0.2, 0.25) is 0 Å². The fourth-order valence-corrected chi connectivity index (χ4v) is 2.44. The monoisotopic (exact) mass is 247 g/mol. The molecule has 0 atom stereocenters. The van der Waals surface area contributed by atoms with Gasteiger partial charge in [0.25, 0.3) is 0 Å². The zero-order valence-electron chi connectivity index (χ0n) is 9.87. The Kier molecular flexibility index (Phi) is 2.37. The van der Waals surface area contributed by atoms with Crippen molar-refractivity contribution in [1.82, 2.24) is 9.78 Å². The standard InChI is InChI=1S/C13H14ClN3/c1-8(2)17-13-9(7-16-17)6-15-12-4-3-10(14)5-11(12)13/h3-5,7-8,15H,6H2,1-2H3. The maximum Gasteiger partial charge on any atom is 0.0756 e. The number of anilines is 1. The number of benzene rings is 1. The van der Waals surface area contributed by atoms with Crippen molar-refractivity contribution in [3.05, 3.63) is 35.0 Å². The SMILES string of the molecule is CC(C)n1ncc2c1-c1cc(Cl)ccc1NC2. The van der Waals surface area contributed by atoms with E-state index in [2.05, 4.69) is 28.9 Å². The lowest BCUT2D eigenvalue weighted by Gasteiger charge is -2.21. The van der Waals surface area contributed by atoms with E-state index in [0.717, 1.165) is 22.8 Å². The minimum Gasteiger partial charge on any atom is -0.380 e. The molecule has 2 heterocycles. The van der Waals surface area contributed by atoms with Crippen molar-refractivity contribution in [2.45, 2.75) is 26.4 Å². The molecule has 0 amide bonds. The van der Waals surface area contributed by atoms with Crippen LogP contribution in [0.4, 0.5) is 5.69 Å². The number of nitrogens with zero attached hydrogens (tertiary/aromatic N) is 2. The molecule has 4 heteroatoms. The third-order valence-electron chi connectivity index (χ3n) is 3.07. The highest BCUT2D eigenvalue weighted by atomic mass is 35.5. The normalized spacial score (nSPS) is 13.2. The number of hydrogen-bond acceptors (Lipinski definition) is 2. The van der Waals surface area contributed by atoms with Crippen LogP contribution in [0.2, 0.25) is 5.02 Å². The summed E-state index contributed by atoms with van der Waals surface area (Å²) in [4.78, 5) is 0. The molecule has 1 aromatic carbocycles. The van der Waals surface area contributed by atoms with Gasteiger partial charge < -0.3 is 5.32 Å². The number of aromatic nitrogens is 2. The number of nitrogens with one attached hydrogen (secondary N) is 1. The smallest absolute Gasteiger partial charge is 0.0756 e. The minimum absolute atomic E-state index is 0.351. The summed E-state index contributed by atoms with van der Waals surface area (Å²) in [5.41, 5.74) is 4.69. The van der Waals surface area contributed by atoms with Crippen molar-refractivity contribution in [3.63, 3.8) is 0 Å². The minimum atomic E-state index is 0.351. The van der Waals surface area contributed by atoms with E-state index in [-0.39, 0.29) is 0 Å². The Bertz CT molecular complexity index is 572. The van der Waals surface area contributed by atoms with Crippen LogP contribution < -0.4 is 5.32 Å². The molecule has 1 aliphatic heterocycles. The first-order chi connectivity index (χ1) is 8.16. The summed E-state index contributed by atoms with van der Waals surface area (Å²) in [7, 11) is 0. The Hall–Kier alpha value is -1.48. The zero-order chi connectivity index (χ0) is 12.0. The third-order valence-corrected chi connectivity index (χ3v) is 3.30. The Morgan fingerprint density at radius 1 is 1.41 bits per heavy atom. The van der Waals surface area contributed by atoms with Gasteiger partial charge in [-0.15, -0.1) is 0 Å². The lowest BCUT2D eigenvalue weighted by Crippen LogP contribution is -2.12. The first-order valence-electron chi connectivity index (χ1n) is 5.77. The van der Waals surface area contributed by atoms with Crippen molar-refractivity contribution in [3.8, 4) is 11.3 Å². The Labute approximate surface area is 105 Å². The van der Waals surface area contributed by atoms with Crippen molar-refractivity contribution >= 4 is 17.3 Å². The summed E-state index contributed by atoms with van der Waals surface area (Å²) in [6, 6.07) is 6.29. The van der Waals surface area contributed by atoms with E-state index in [1.54, 1.807) is 0 Å². The molecule has 17 heavy (non-hydrogen) atoms. The largest absolute Gasteiger partial charge is 0.380 e. The molecule has 0 unspecified atom stereocenters. The topological polar surface area (TPSA) is 29.9 Å². The molecule has 3 nitrogen and oxygen atoms in total. The fraction of sp³-hybridized carbons (Fsp3) is 0.308. The molecule has 0 bridgehead atoms. The molecule has 1 N–H and O–H groups in total. The summed E-state index contributed by atoms with van der Waals surface area (Å²) in [5.74, 6) is 0. The highest BCUT2D eigenvalue weighted by molar-refractivity contribution is 6.31. The average Bonchev–Trinajstić information content (AvgIpc) is 2.73. The maximum absolute atomic E-state index is 6.08. The highest BCUT2D eigenvalue weighted by Gasteiger charge is 2.21. The van der Waals surface area contributed by atoms with Crippen molar-refractivity contribution in [1.29, 1.82) is 0 Å². The van der Waals surface area contributed by atoms with Gasteiger partial charge >= 0.3 is 0 Å². The van der Waals surface area contributed by atoms with Crippen LogP contribution in [0.5, 0.6) is 0 Å². The maximum atomic E-state index is 6.08. The lowest BCUT2D eigenvalue weighted by molar-refractivity contribution is 0.538. The molecular weight excluding hydrogens is 234 g/mol. The molecule has 0 aliphatic carbocycles. The van der Waals surface area contributed by atoms with Gasteiger partial charge in [-0.25, -0.2) is 0 Å². The van der Waals surface area contributed by atoms with E-state index in [1.807, 2.05) is 24.4 Å². The second kappa shape index (κ2) is 3.77. The number of hydrogen-bond donors (Lipinski definition) is 1. The molecule has 0 fully saturated rings.